The van der Waals surface area contributed by atoms with Gasteiger partial charge in [0.15, 0.2) is 0 Å². The highest BCUT2D eigenvalue weighted by atomic mass is 79.9. The van der Waals surface area contributed by atoms with Gasteiger partial charge < -0.3 is 0 Å². The summed E-state index contributed by atoms with van der Waals surface area (Å²) < 4.78 is 0. The molecule has 0 aromatic rings. The van der Waals surface area contributed by atoms with Crippen LogP contribution in [0.25, 0.3) is 0 Å². The van der Waals surface area contributed by atoms with Gasteiger partial charge in [0.1, 0.15) is 0 Å². The second-order valence-corrected chi connectivity index (χ2v) is 6.90. The van der Waals surface area contributed by atoms with Crippen molar-refractivity contribution in [1.29, 1.82) is 0 Å². The highest BCUT2D eigenvalue weighted by molar-refractivity contribution is 9.11. The molecular weight excluding hydrogens is 422 g/mol. The zero-order valence-electron chi connectivity index (χ0n) is 8.57. The number of hydrogen-bond acceptors (Lipinski definition) is 0. The summed E-state index contributed by atoms with van der Waals surface area (Å²) in [6.45, 7) is 1.82. The zero-order valence-corrected chi connectivity index (χ0v) is 14.8. The first-order valence-electron chi connectivity index (χ1n) is 4.42. The van der Waals surface area contributed by atoms with E-state index in [1.807, 2.05) is 6.92 Å². The van der Waals surface area contributed by atoms with Crippen LogP contribution < -0.4 is 0 Å². The van der Waals surface area contributed by atoms with Crippen molar-refractivity contribution in [3.8, 4) is 0 Å². The van der Waals surface area contributed by atoms with Crippen LogP contribution in [0.4, 0.5) is 0 Å². The van der Waals surface area contributed by atoms with Crippen LogP contribution in [0.2, 0.25) is 0 Å². The third-order valence-corrected chi connectivity index (χ3v) is 5.60. The Morgan fingerprint density at radius 1 is 1.31 bits per heavy atom. The first-order valence-corrected chi connectivity index (χ1v) is 8.19. The summed E-state index contributed by atoms with van der Waals surface area (Å²) in [5, 5.41) is 0.182. The molecule has 0 nitrogen and oxygen atoms in total. The Balaban J connectivity index is 4.66. The van der Waals surface area contributed by atoms with E-state index in [0.29, 0.717) is 11.2 Å². The summed E-state index contributed by atoms with van der Waals surface area (Å²) in [6, 6.07) is 0. The maximum Gasteiger partial charge on any atom is 0.0857 e. The molecule has 6 heteroatoms. The zero-order chi connectivity index (χ0) is 12.8. The molecule has 0 aliphatic carbocycles. The summed E-state index contributed by atoms with van der Waals surface area (Å²) in [5.74, 6) is 0.299. The van der Waals surface area contributed by atoms with Crippen LogP contribution >= 0.6 is 78.3 Å². The predicted octanol–water partition coefficient (Wildman–Crippen LogP) is 5.67. The molecule has 0 spiro atoms. The van der Waals surface area contributed by atoms with Gasteiger partial charge in [0.2, 0.25) is 0 Å². The summed E-state index contributed by atoms with van der Waals surface area (Å²) in [6.07, 6.45) is 5.30. The highest BCUT2D eigenvalue weighted by Gasteiger charge is 2.27. The molecule has 1 unspecified atom stereocenters. The number of alkyl halides is 5. The van der Waals surface area contributed by atoms with Crippen LogP contribution in [0.5, 0.6) is 0 Å². The number of halogens is 6. The Labute approximate surface area is 134 Å². The maximum absolute atomic E-state index is 6.21. The van der Waals surface area contributed by atoms with Gasteiger partial charge in [-0.2, -0.15) is 0 Å². The Morgan fingerprint density at radius 3 is 2.25 bits per heavy atom. The van der Waals surface area contributed by atoms with E-state index in [9.17, 15) is 0 Å². The van der Waals surface area contributed by atoms with Crippen molar-refractivity contribution in [2.75, 3.05) is 11.2 Å². The Morgan fingerprint density at radius 2 is 1.88 bits per heavy atom. The van der Waals surface area contributed by atoms with E-state index >= 15 is 0 Å². The molecule has 0 aromatic heterocycles. The quantitative estimate of drug-likeness (QED) is 0.374. The first kappa shape index (κ1) is 17.6. The van der Waals surface area contributed by atoms with Crippen LogP contribution in [0.1, 0.15) is 6.92 Å². The van der Waals surface area contributed by atoms with Gasteiger partial charge in [0.05, 0.1) is 15.1 Å². The van der Waals surface area contributed by atoms with Gasteiger partial charge in [0, 0.05) is 11.2 Å². The van der Waals surface area contributed by atoms with E-state index in [-0.39, 0.29) is 5.38 Å². The molecule has 0 rings (SSSR count). The van der Waals surface area contributed by atoms with Crippen molar-refractivity contribution < 1.29 is 0 Å². The minimum Gasteiger partial charge on any atom is -0.124 e. The smallest absolute Gasteiger partial charge is 0.0857 e. The van der Waals surface area contributed by atoms with E-state index < -0.39 is 9.75 Å². The SMILES string of the molecule is C[C@@](Cl)(/C=C/Br)[C@@H](Cl)/C=C/C(Cl)(CCl)CBr. The molecule has 0 saturated carbocycles. The largest absolute Gasteiger partial charge is 0.124 e. The van der Waals surface area contributed by atoms with Crippen molar-refractivity contribution in [3.05, 3.63) is 23.2 Å². The second-order valence-electron chi connectivity index (χ2n) is 3.51. The molecule has 0 saturated heterocycles. The minimum atomic E-state index is -0.669. The molecule has 3 atom stereocenters. The molecule has 0 N–H and O–H groups in total. The van der Waals surface area contributed by atoms with E-state index in [1.165, 1.54) is 0 Å². The Hall–Kier alpha value is 1.60. The summed E-state index contributed by atoms with van der Waals surface area (Å²) in [7, 11) is 0. The molecule has 0 bridgehead atoms. The van der Waals surface area contributed by atoms with Crippen molar-refractivity contribution in [3.63, 3.8) is 0 Å². The lowest BCUT2D eigenvalue weighted by molar-refractivity contribution is 0.791. The van der Waals surface area contributed by atoms with Crippen molar-refractivity contribution in [1.82, 2.24) is 0 Å². The van der Waals surface area contributed by atoms with Gasteiger partial charge in [-0.3, -0.25) is 0 Å². The van der Waals surface area contributed by atoms with Gasteiger partial charge in [-0.15, -0.1) is 46.4 Å². The third kappa shape index (κ3) is 5.97. The first-order chi connectivity index (χ1) is 7.31. The fourth-order valence-corrected chi connectivity index (χ4v) is 2.64. The van der Waals surface area contributed by atoms with Crippen LogP contribution in [-0.4, -0.2) is 26.3 Å². The van der Waals surface area contributed by atoms with E-state index in [1.54, 1.807) is 23.2 Å². The van der Waals surface area contributed by atoms with E-state index in [0.717, 1.165) is 0 Å². The fourth-order valence-electron chi connectivity index (χ4n) is 0.785. The molecule has 0 amide bonds. The summed E-state index contributed by atoms with van der Waals surface area (Å²) >= 11 is 30.8. The second kappa shape index (κ2) is 7.91. The average molecular weight is 434 g/mol. The molecule has 0 aliphatic heterocycles. The standard InChI is InChI=1S/C10H12Br2Cl4/c1-9(15,4-5-11)8(14)2-3-10(16,6-12)7-13/h2-5,8H,6-7H2,1H3/b3-2+,5-4+/t8-,9+,10?/m0/s1. The van der Waals surface area contributed by atoms with Gasteiger partial charge in [-0.1, -0.05) is 50.1 Å². The maximum atomic E-state index is 6.21. The number of hydrogen-bond donors (Lipinski definition) is 0. The normalized spacial score (nSPS) is 22.2. The third-order valence-electron chi connectivity index (χ3n) is 1.94. The summed E-state index contributed by atoms with van der Waals surface area (Å²) in [5.41, 5.74) is 0. The molecule has 0 aliphatic rings. The van der Waals surface area contributed by atoms with Gasteiger partial charge in [0.25, 0.3) is 0 Å². The molecule has 0 radical (unpaired) electrons. The minimum absolute atomic E-state index is 0.299. The van der Waals surface area contributed by atoms with Crippen LogP contribution in [0.15, 0.2) is 23.2 Å². The monoisotopic (exact) mass is 430 g/mol. The lowest BCUT2D eigenvalue weighted by Gasteiger charge is -2.23. The molecule has 0 fully saturated rings. The van der Waals surface area contributed by atoms with E-state index in [2.05, 4.69) is 31.9 Å². The molecular formula is C10H12Br2Cl4. The summed E-state index contributed by atoms with van der Waals surface area (Å²) in [4.78, 5) is 0.390. The lowest BCUT2D eigenvalue weighted by Crippen LogP contribution is -2.27. The Bertz CT molecular complexity index is 260. The molecule has 94 valence electrons. The van der Waals surface area contributed by atoms with Crippen molar-refractivity contribution in [2.45, 2.75) is 22.0 Å². The Kier molecular flexibility index (Phi) is 8.70. The van der Waals surface area contributed by atoms with Gasteiger partial charge in [-0.25, -0.2) is 0 Å². The predicted molar refractivity (Wildman–Crippen MR) is 84.2 cm³/mol. The van der Waals surface area contributed by atoms with Crippen LogP contribution in [0.3, 0.4) is 0 Å². The number of rotatable bonds is 6. The molecule has 16 heavy (non-hydrogen) atoms. The van der Waals surface area contributed by atoms with E-state index in [4.69, 9.17) is 46.4 Å². The van der Waals surface area contributed by atoms with Gasteiger partial charge >= 0.3 is 0 Å². The molecule has 0 heterocycles. The van der Waals surface area contributed by atoms with Crippen molar-refractivity contribution >= 4 is 78.3 Å². The van der Waals surface area contributed by atoms with Crippen LogP contribution in [0, 0.1) is 0 Å². The fraction of sp³-hybridized carbons (Fsp3) is 0.600. The topological polar surface area (TPSA) is 0 Å². The lowest BCUT2D eigenvalue weighted by atomic mass is 10.0. The highest BCUT2D eigenvalue weighted by Crippen LogP contribution is 2.29. The van der Waals surface area contributed by atoms with Crippen molar-refractivity contribution in [2.24, 2.45) is 0 Å². The number of allylic oxidation sites excluding steroid dienone is 3. The molecule has 0 aromatic carbocycles. The van der Waals surface area contributed by atoms with Crippen LogP contribution in [-0.2, 0) is 0 Å². The average Bonchev–Trinajstić information content (AvgIpc) is 2.25. The van der Waals surface area contributed by atoms with Gasteiger partial charge in [-0.05, 0) is 11.9 Å².